The molecule has 2 aliphatic carbocycles. The van der Waals surface area contributed by atoms with Gasteiger partial charge in [-0.25, -0.2) is 0 Å². The zero-order chi connectivity index (χ0) is 22.9. The summed E-state index contributed by atoms with van der Waals surface area (Å²) in [4.78, 5) is 27.7. The van der Waals surface area contributed by atoms with E-state index < -0.39 is 0 Å². The fourth-order valence-electron chi connectivity index (χ4n) is 5.13. The molecule has 1 aliphatic heterocycles. The molecule has 2 aromatic rings. The minimum atomic E-state index is -0.204. The first-order chi connectivity index (χ1) is 16.0. The number of nitrogens with zero attached hydrogens (tertiary/aromatic N) is 1. The highest BCUT2D eigenvalue weighted by atomic mass is 35.5. The Hall–Kier alpha value is -2.57. The average molecular weight is 468 g/mol. The maximum Gasteiger partial charge on any atom is 0.255 e. The van der Waals surface area contributed by atoms with Crippen LogP contribution in [0, 0.1) is 5.92 Å². The summed E-state index contributed by atoms with van der Waals surface area (Å²) < 4.78 is 5.46. The summed E-state index contributed by atoms with van der Waals surface area (Å²) in [5.41, 5.74) is 3.75. The number of ether oxygens (including phenoxy) is 1. The van der Waals surface area contributed by atoms with E-state index in [4.69, 9.17) is 16.3 Å². The van der Waals surface area contributed by atoms with Crippen molar-refractivity contribution in [2.45, 2.75) is 50.6 Å². The summed E-state index contributed by atoms with van der Waals surface area (Å²) in [6.45, 7) is 1.80. The Kier molecular flexibility index (Phi) is 6.30. The van der Waals surface area contributed by atoms with E-state index in [1.54, 1.807) is 12.1 Å². The SMILES string of the molecule is COc1cc(NC(=O)C2CC2)c(Cl)cc1C(=O)N[C@H]1CCN(C2CCCc3ccccc32)C1. The lowest BCUT2D eigenvalue weighted by atomic mass is 9.87. The van der Waals surface area contributed by atoms with Crippen LogP contribution in [0.3, 0.4) is 0 Å². The number of nitrogens with one attached hydrogen (secondary N) is 2. The van der Waals surface area contributed by atoms with Gasteiger partial charge in [-0.1, -0.05) is 35.9 Å². The third-order valence-electron chi connectivity index (χ3n) is 7.07. The summed E-state index contributed by atoms with van der Waals surface area (Å²) in [5.74, 6) is 0.228. The highest BCUT2D eigenvalue weighted by Gasteiger charge is 2.33. The van der Waals surface area contributed by atoms with Crippen molar-refractivity contribution < 1.29 is 14.3 Å². The van der Waals surface area contributed by atoms with Crippen LogP contribution in [0.4, 0.5) is 5.69 Å². The van der Waals surface area contributed by atoms with Crippen LogP contribution in [-0.4, -0.2) is 43.0 Å². The van der Waals surface area contributed by atoms with Gasteiger partial charge >= 0.3 is 0 Å². The van der Waals surface area contributed by atoms with Crippen LogP contribution in [0.2, 0.25) is 5.02 Å². The average Bonchev–Trinajstić information content (AvgIpc) is 3.59. The van der Waals surface area contributed by atoms with Crippen molar-refractivity contribution >= 4 is 29.1 Å². The van der Waals surface area contributed by atoms with Gasteiger partial charge < -0.3 is 15.4 Å². The normalized spacial score (nSPS) is 22.5. The molecule has 2 N–H and O–H groups in total. The van der Waals surface area contributed by atoms with Gasteiger partial charge in [-0.3, -0.25) is 14.5 Å². The summed E-state index contributed by atoms with van der Waals surface area (Å²) in [6.07, 6.45) is 6.25. The first-order valence-corrected chi connectivity index (χ1v) is 12.2. The fourth-order valence-corrected chi connectivity index (χ4v) is 5.35. The summed E-state index contributed by atoms with van der Waals surface area (Å²) >= 11 is 6.40. The molecule has 0 aromatic heterocycles. The summed E-state index contributed by atoms with van der Waals surface area (Å²) in [5, 5.41) is 6.35. The van der Waals surface area contributed by atoms with Gasteiger partial charge in [-0.15, -0.1) is 0 Å². The number of amides is 2. The first kappa shape index (κ1) is 22.2. The number of hydrogen-bond acceptors (Lipinski definition) is 4. The maximum absolute atomic E-state index is 13.1. The number of benzene rings is 2. The number of carbonyl (C=O) groups excluding carboxylic acids is 2. The number of hydrogen-bond donors (Lipinski definition) is 2. The molecule has 0 radical (unpaired) electrons. The monoisotopic (exact) mass is 467 g/mol. The predicted molar refractivity (Wildman–Crippen MR) is 129 cm³/mol. The van der Waals surface area contributed by atoms with E-state index in [0.717, 1.165) is 45.2 Å². The molecule has 1 saturated heterocycles. The topological polar surface area (TPSA) is 70.7 Å². The quantitative estimate of drug-likeness (QED) is 0.652. The highest BCUT2D eigenvalue weighted by Crippen LogP contribution is 2.37. The first-order valence-electron chi connectivity index (χ1n) is 11.8. The van der Waals surface area contributed by atoms with Crippen molar-refractivity contribution in [3.05, 3.63) is 58.1 Å². The second-order valence-electron chi connectivity index (χ2n) is 9.36. The van der Waals surface area contributed by atoms with Gasteiger partial charge in [0, 0.05) is 37.2 Å². The molecule has 1 saturated carbocycles. The molecule has 5 rings (SSSR count). The van der Waals surface area contributed by atoms with Gasteiger partial charge in [0.15, 0.2) is 0 Å². The number of fused-ring (bicyclic) bond motifs is 1. The summed E-state index contributed by atoms with van der Waals surface area (Å²) in [7, 11) is 1.52. The number of carbonyl (C=O) groups is 2. The van der Waals surface area contributed by atoms with Crippen LogP contribution < -0.4 is 15.4 Å². The second-order valence-corrected chi connectivity index (χ2v) is 9.76. The number of methoxy groups -OCH3 is 1. The number of aryl methyl sites for hydroxylation is 1. The molecule has 2 fully saturated rings. The van der Waals surface area contributed by atoms with E-state index in [9.17, 15) is 9.59 Å². The van der Waals surface area contributed by atoms with Crippen molar-refractivity contribution in [1.29, 1.82) is 0 Å². The number of likely N-dealkylation sites (tertiary alicyclic amines) is 1. The van der Waals surface area contributed by atoms with E-state index >= 15 is 0 Å². The van der Waals surface area contributed by atoms with Crippen molar-refractivity contribution in [2.75, 3.05) is 25.5 Å². The van der Waals surface area contributed by atoms with Crippen molar-refractivity contribution in [3.8, 4) is 5.75 Å². The predicted octanol–water partition coefficient (Wildman–Crippen LogP) is 4.58. The van der Waals surface area contributed by atoms with Crippen LogP contribution in [0.25, 0.3) is 0 Å². The molecule has 2 atom stereocenters. The van der Waals surface area contributed by atoms with Crippen LogP contribution in [-0.2, 0) is 11.2 Å². The number of rotatable bonds is 6. The third-order valence-corrected chi connectivity index (χ3v) is 7.39. The molecule has 174 valence electrons. The van der Waals surface area contributed by atoms with Gasteiger partial charge in [-0.05, 0) is 55.7 Å². The zero-order valence-corrected chi connectivity index (χ0v) is 19.7. The lowest BCUT2D eigenvalue weighted by Crippen LogP contribution is -2.38. The molecule has 2 aromatic carbocycles. The third kappa shape index (κ3) is 4.73. The Labute approximate surface area is 199 Å². The molecule has 3 aliphatic rings. The van der Waals surface area contributed by atoms with Gasteiger partial charge in [0.2, 0.25) is 5.91 Å². The van der Waals surface area contributed by atoms with E-state index in [-0.39, 0.29) is 23.8 Å². The minimum absolute atomic E-state index is 0.0357. The van der Waals surface area contributed by atoms with Gasteiger partial charge in [0.25, 0.3) is 5.91 Å². The van der Waals surface area contributed by atoms with Crippen LogP contribution in [0.5, 0.6) is 5.75 Å². The van der Waals surface area contributed by atoms with Gasteiger partial charge in [0.1, 0.15) is 5.75 Å². The number of anilines is 1. The largest absolute Gasteiger partial charge is 0.496 e. The summed E-state index contributed by atoms with van der Waals surface area (Å²) in [6, 6.07) is 12.5. The molecular weight excluding hydrogens is 438 g/mol. The molecular formula is C26H30ClN3O3. The number of halogens is 1. The maximum atomic E-state index is 13.1. The van der Waals surface area contributed by atoms with Crippen LogP contribution in [0.1, 0.15) is 59.6 Å². The van der Waals surface area contributed by atoms with E-state index in [2.05, 4.69) is 39.8 Å². The molecule has 1 unspecified atom stereocenters. The second kappa shape index (κ2) is 9.35. The lowest BCUT2D eigenvalue weighted by Gasteiger charge is -2.33. The molecule has 6 nitrogen and oxygen atoms in total. The molecule has 7 heteroatoms. The van der Waals surface area contributed by atoms with E-state index in [1.807, 2.05) is 0 Å². The van der Waals surface area contributed by atoms with Crippen LogP contribution >= 0.6 is 11.6 Å². The Balaban J connectivity index is 1.25. The standard InChI is InChI=1S/C26H30ClN3O3/c1-33-24-14-22(29-25(31)17-9-10-17)21(27)13-20(24)26(32)28-18-11-12-30(15-18)23-8-4-6-16-5-2-3-7-19(16)23/h2-3,5,7,13-14,17-18,23H,4,6,8-12,15H2,1H3,(H,28,32)(H,29,31)/t18-,23?/m0/s1. The smallest absolute Gasteiger partial charge is 0.255 e. The van der Waals surface area contributed by atoms with E-state index in [0.29, 0.717) is 28.1 Å². The molecule has 33 heavy (non-hydrogen) atoms. The fraction of sp³-hybridized carbons (Fsp3) is 0.462. The van der Waals surface area contributed by atoms with Crippen molar-refractivity contribution in [2.24, 2.45) is 5.92 Å². The molecule has 1 heterocycles. The van der Waals surface area contributed by atoms with Crippen molar-refractivity contribution in [1.82, 2.24) is 10.2 Å². The Bertz CT molecular complexity index is 1070. The zero-order valence-electron chi connectivity index (χ0n) is 18.9. The Morgan fingerprint density at radius 3 is 2.73 bits per heavy atom. The minimum Gasteiger partial charge on any atom is -0.496 e. The molecule has 0 bridgehead atoms. The highest BCUT2D eigenvalue weighted by molar-refractivity contribution is 6.34. The van der Waals surface area contributed by atoms with Gasteiger partial charge in [0.05, 0.1) is 23.4 Å². The van der Waals surface area contributed by atoms with Crippen LogP contribution in [0.15, 0.2) is 36.4 Å². The Morgan fingerprint density at radius 1 is 1.12 bits per heavy atom. The van der Waals surface area contributed by atoms with Crippen molar-refractivity contribution in [3.63, 3.8) is 0 Å². The Morgan fingerprint density at radius 2 is 1.94 bits per heavy atom. The van der Waals surface area contributed by atoms with E-state index in [1.165, 1.54) is 24.7 Å². The lowest BCUT2D eigenvalue weighted by molar-refractivity contribution is -0.117. The molecule has 2 amide bonds. The molecule has 0 spiro atoms. The van der Waals surface area contributed by atoms with Gasteiger partial charge in [-0.2, -0.15) is 0 Å².